The molecule has 0 bridgehead atoms. The quantitative estimate of drug-likeness (QED) is 0.806. The first-order chi connectivity index (χ1) is 7.88. The summed E-state index contributed by atoms with van der Waals surface area (Å²) >= 11 is 0. The molecule has 1 N–H and O–H groups in total. The number of hydrogen-bond acceptors (Lipinski definition) is 3. The lowest BCUT2D eigenvalue weighted by atomic mass is 9.95. The Bertz CT molecular complexity index is 304. The van der Waals surface area contributed by atoms with Crippen molar-refractivity contribution in [2.75, 3.05) is 13.2 Å². The van der Waals surface area contributed by atoms with Crippen molar-refractivity contribution in [3.63, 3.8) is 0 Å². The molecule has 2 rings (SSSR count). The summed E-state index contributed by atoms with van der Waals surface area (Å²) in [6.45, 7) is 6.61. The standard InChI is InChI=1S/C13H23NO3/c1-12(2,3)17-11(16)14-8-4-5-10(14)13(9-15)6-7-13/h10,15H,4-9H2,1-3H3. The van der Waals surface area contributed by atoms with E-state index in [1.165, 1.54) is 0 Å². The van der Waals surface area contributed by atoms with Gasteiger partial charge >= 0.3 is 6.09 Å². The topological polar surface area (TPSA) is 49.8 Å². The third-order valence-corrected chi connectivity index (χ3v) is 3.79. The number of carbonyl (C=O) groups excluding carboxylic acids is 1. The highest BCUT2D eigenvalue weighted by Crippen LogP contribution is 2.53. The van der Waals surface area contributed by atoms with E-state index in [0.717, 1.165) is 32.2 Å². The summed E-state index contributed by atoms with van der Waals surface area (Å²) < 4.78 is 5.42. The summed E-state index contributed by atoms with van der Waals surface area (Å²) in [6, 6.07) is 0.183. The van der Waals surface area contributed by atoms with Crippen LogP contribution in [0.2, 0.25) is 0 Å². The molecule has 1 amide bonds. The van der Waals surface area contributed by atoms with E-state index in [-0.39, 0.29) is 24.2 Å². The number of ether oxygens (including phenoxy) is 1. The number of hydrogen-bond donors (Lipinski definition) is 1. The minimum Gasteiger partial charge on any atom is -0.444 e. The molecular formula is C13H23NO3. The Balaban J connectivity index is 2.02. The summed E-state index contributed by atoms with van der Waals surface area (Å²) in [5, 5.41) is 9.47. The Hall–Kier alpha value is -0.770. The second-order valence-electron chi connectivity index (χ2n) is 6.35. The minimum atomic E-state index is -0.444. The van der Waals surface area contributed by atoms with Gasteiger partial charge in [0.1, 0.15) is 5.60 Å². The molecule has 2 aliphatic rings. The van der Waals surface area contributed by atoms with Crippen LogP contribution >= 0.6 is 0 Å². The molecule has 1 heterocycles. The molecule has 1 atom stereocenters. The smallest absolute Gasteiger partial charge is 0.410 e. The van der Waals surface area contributed by atoms with Crippen LogP contribution in [-0.4, -0.2) is 40.9 Å². The predicted octanol–water partition coefficient (Wildman–Crippen LogP) is 2.16. The lowest BCUT2D eigenvalue weighted by molar-refractivity contribution is 0.0117. The van der Waals surface area contributed by atoms with Crippen LogP contribution in [0.25, 0.3) is 0 Å². The molecule has 1 saturated carbocycles. The fourth-order valence-electron chi connectivity index (χ4n) is 2.70. The molecule has 1 aliphatic carbocycles. The molecule has 2 fully saturated rings. The molecular weight excluding hydrogens is 218 g/mol. The molecule has 0 radical (unpaired) electrons. The molecule has 0 spiro atoms. The first-order valence-electron chi connectivity index (χ1n) is 6.48. The van der Waals surface area contributed by atoms with E-state index in [1.807, 2.05) is 25.7 Å². The van der Waals surface area contributed by atoms with E-state index in [2.05, 4.69) is 0 Å². The average molecular weight is 241 g/mol. The monoisotopic (exact) mass is 241 g/mol. The largest absolute Gasteiger partial charge is 0.444 e. The highest BCUT2D eigenvalue weighted by atomic mass is 16.6. The summed E-state index contributed by atoms with van der Waals surface area (Å²) in [5.74, 6) is 0. The molecule has 4 nitrogen and oxygen atoms in total. The van der Waals surface area contributed by atoms with Crippen molar-refractivity contribution < 1.29 is 14.6 Å². The van der Waals surface area contributed by atoms with Crippen molar-refractivity contribution in [1.29, 1.82) is 0 Å². The van der Waals surface area contributed by atoms with Crippen molar-refractivity contribution >= 4 is 6.09 Å². The number of nitrogens with zero attached hydrogens (tertiary/aromatic N) is 1. The number of rotatable bonds is 2. The van der Waals surface area contributed by atoms with Gasteiger partial charge in [-0.1, -0.05) is 0 Å². The van der Waals surface area contributed by atoms with Crippen molar-refractivity contribution in [2.24, 2.45) is 5.41 Å². The molecule has 1 saturated heterocycles. The van der Waals surface area contributed by atoms with Crippen LogP contribution in [0, 0.1) is 5.41 Å². The first-order valence-corrected chi connectivity index (χ1v) is 6.48. The van der Waals surface area contributed by atoms with E-state index in [4.69, 9.17) is 4.74 Å². The Kier molecular flexibility index (Phi) is 3.10. The summed E-state index contributed by atoms with van der Waals surface area (Å²) in [7, 11) is 0. The lowest BCUT2D eigenvalue weighted by Gasteiger charge is -2.32. The molecule has 98 valence electrons. The maximum atomic E-state index is 12.1. The van der Waals surface area contributed by atoms with Crippen LogP contribution in [0.15, 0.2) is 0 Å². The van der Waals surface area contributed by atoms with Crippen molar-refractivity contribution in [3.05, 3.63) is 0 Å². The van der Waals surface area contributed by atoms with Crippen LogP contribution in [0.3, 0.4) is 0 Å². The second kappa shape index (κ2) is 4.16. The van der Waals surface area contributed by atoms with E-state index >= 15 is 0 Å². The van der Waals surface area contributed by atoms with Crippen LogP contribution in [0.5, 0.6) is 0 Å². The number of amides is 1. The average Bonchev–Trinajstić information content (AvgIpc) is 2.85. The van der Waals surface area contributed by atoms with Gasteiger partial charge in [-0.3, -0.25) is 0 Å². The molecule has 0 aromatic rings. The van der Waals surface area contributed by atoms with E-state index in [9.17, 15) is 9.90 Å². The zero-order chi connectivity index (χ0) is 12.7. The van der Waals surface area contributed by atoms with Gasteiger partial charge in [0, 0.05) is 18.0 Å². The molecule has 4 heteroatoms. The van der Waals surface area contributed by atoms with Gasteiger partial charge < -0.3 is 14.7 Å². The van der Waals surface area contributed by atoms with E-state index in [1.54, 1.807) is 0 Å². The lowest BCUT2D eigenvalue weighted by Crippen LogP contribution is -2.44. The van der Waals surface area contributed by atoms with Crippen LogP contribution < -0.4 is 0 Å². The predicted molar refractivity (Wildman–Crippen MR) is 64.7 cm³/mol. The summed E-state index contributed by atoms with van der Waals surface area (Å²) in [5.41, 5.74) is -0.465. The molecule has 17 heavy (non-hydrogen) atoms. The Labute approximate surface area is 103 Å². The normalized spacial score (nSPS) is 27.1. The van der Waals surface area contributed by atoms with Crippen LogP contribution in [0.4, 0.5) is 4.79 Å². The van der Waals surface area contributed by atoms with Crippen molar-refractivity contribution in [2.45, 2.75) is 58.1 Å². The second-order valence-corrected chi connectivity index (χ2v) is 6.35. The highest BCUT2D eigenvalue weighted by molar-refractivity contribution is 5.69. The minimum absolute atomic E-state index is 0.0204. The van der Waals surface area contributed by atoms with Gasteiger partial charge in [-0.05, 0) is 46.5 Å². The number of aliphatic hydroxyl groups excluding tert-OH is 1. The Morgan fingerprint density at radius 2 is 2.12 bits per heavy atom. The van der Waals surface area contributed by atoms with Gasteiger partial charge in [0.2, 0.25) is 0 Å². The number of carbonyl (C=O) groups is 1. The fourth-order valence-corrected chi connectivity index (χ4v) is 2.70. The van der Waals surface area contributed by atoms with Gasteiger partial charge in [-0.2, -0.15) is 0 Å². The zero-order valence-corrected chi connectivity index (χ0v) is 11.0. The van der Waals surface area contributed by atoms with Gasteiger partial charge in [0.25, 0.3) is 0 Å². The molecule has 1 unspecified atom stereocenters. The SMILES string of the molecule is CC(C)(C)OC(=O)N1CCCC1C1(CO)CC1. The number of aliphatic hydroxyl groups is 1. The fraction of sp³-hybridized carbons (Fsp3) is 0.923. The maximum absolute atomic E-state index is 12.1. The molecule has 1 aliphatic heterocycles. The van der Waals surface area contributed by atoms with Crippen LogP contribution in [-0.2, 0) is 4.74 Å². The zero-order valence-electron chi connectivity index (χ0n) is 11.0. The van der Waals surface area contributed by atoms with Crippen LogP contribution in [0.1, 0.15) is 46.5 Å². The third kappa shape index (κ3) is 2.57. The molecule has 0 aromatic heterocycles. The Morgan fingerprint density at radius 3 is 2.59 bits per heavy atom. The van der Waals surface area contributed by atoms with Gasteiger partial charge in [-0.25, -0.2) is 4.79 Å². The van der Waals surface area contributed by atoms with E-state index in [0.29, 0.717) is 0 Å². The van der Waals surface area contributed by atoms with E-state index < -0.39 is 5.60 Å². The molecule has 0 aromatic carbocycles. The Morgan fingerprint density at radius 1 is 1.47 bits per heavy atom. The van der Waals surface area contributed by atoms with Crippen molar-refractivity contribution in [3.8, 4) is 0 Å². The third-order valence-electron chi connectivity index (χ3n) is 3.79. The summed E-state index contributed by atoms with van der Waals surface area (Å²) in [4.78, 5) is 13.9. The van der Waals surface area contributed by atoms with Gasteiger partial charge in [0.05, 0.1) is 6.61 Å². The highest BCUT2D eigenvalue weighted by Gasteiger charge is 2.53. The number of likely N-dealkylation sites (tertiary alicyclic amines) is 1. The maximum Gasteiger partial charge on any atom is 0.410 e. The van der Waals surface area contributed by atoms with Gasteiger partial charge in [-0.15, -0.1) is 0 Å². The van der Waals surface area contributed by atoms with Crippen molar-refractivity contribution in [1.82, 2.24) is 4.90 Å². The first kappa shape index (κ1) is 12.7. The summed E-state index contributed by atoms with van der Waals surface area (Å²) in [6.07, 6.45) is 3.87. The van der Waals surface area contributed by atoms with Gasteiger partial charge in [0.15, 0.2) is 0 Å².